The highest BCUT2D eigenvalue weighted by Crippen LogP contribution is 2.24. The predicted molar refractivity (Wildman–Crippen MR) is 93.8 cm³/mol. The summed E-state index contributed by atoms with van der Waals surface area (Å²) in [6.45, 7) is 5.33. The zero-order chi connectivity index (χ0) is 18.0. The second-order valence-corrected chi connectivity index (χ2v) is 8.39. The number of sulfonamides is 1. The number of benzene rings is 1. The first kappa shape index (κ1) is 18.3. The van der Waals surface area contributed by atoms with Crippen molar-refractivity contribution in [1.82, 2.24) is 19.8 Å². The Balaban J connectivity index is 1.58. The monoisotopic (exact) mass is 384 g/mol. The van der Waals surface area contributed by atoms with Gasteiger partial charge in [-0.3, -0.25) is 4.90 Å². The molecule has 7 nitrogen and oxygen atoms in total. The molecular weight excluding hydrogens is 364 g/mol. The van der Waals surface area contributed by atoms with E-state index in [4.69, 9.17) is 16.1 Å². The van der Waals surface area contributed by atoms with Crippen molar-refractivity contribution in [3.63, 3.8) is 0 Å². The third kappa shape index (κ3) is 4.38. The van der Waals surface area contributed by atoms with Gasteiger partial charge in [-0.25, -0.2) is 13.1 Å². The summed E-state index contributed by atoms with van der Waals surface area (Å²) in [5, 5.41) is 4.33. The molecular formula is C16H21ClN4O3S. The van der Waals surface area contributed by atoms with E-state index in [2.05, 4.69) is 19.8 Å². The van der Waals surface area contributed by atoms with Crippen LogP contribution in [0.1, 0.15) is 37.5 Å². The number of halogens is 1. The molecule has 1 N–H and O–H groups in total. The molecule has 1 aromatic carbocycles. The van der Waals surface area contributed by atoms with E-state index < -0.39 is 10.0 Å². The minimum Gasteiger partial charge on any atom is -0.338 e. The maximum atomic E-state index is 12.5. The summed E-state index contributed by atoms with van der Waals surface area (Å²) in [5.74, 6) is 1.21. The zero-order valence-electron chi connectivity index (χ0n) is 14.1. The fraction of sp³-hybridized carbons (Fsp3) is 0.500. The van der Waals surface area contributed by atoms with Gasteiger partial charge < -0.3 is 4.52 Å². The number of nitrogens with one attached hydrogen (secondary N) is 1. The first-order chi connectivity index (χ1) is 11.8. The lowest BCUT2D eigenvalue weighted by atomic mass is 10.0. The molecule has 1 fully saturated rings. The largest absolute Gasteiger partial charge is 0.338 e. The molecule has 1 aliphatic rings. The minimum atomic E-state index is -3.53. The maximum Gasteiger partial charge on any atom is 0.243 e. The summed E-state index contributed by atoms with van der Waals surface area (Å²) in [4.78, 5) is 6.72. The lowest BCUT2D eigenvalue weighted by Crippen LogP contribution is -2.45. The molecule has 136 valence electrons. The molecule has 0 amide bonds. The van der Waals surface area contributed by atoms with Crippen molar-refractivity contribution in [2.75, 3.05) is 13.1 Å². The SMILES string of the molecule is Cc1noc(C(C)N2CCC(NS(=O)(=O)c3ccc(Cl)cc3)CC2)n1. The van der Waals surface area contributed by atoms with E-state index in [0.29, 0.717) is 16.7 Å². The second-order valence-electron chi connectivity index (χ2n) is 6.24. The van der Waals surface area contributed by atoms with Gasteiger partial charge in [0.1, 0.15) is 0 Å². The lowest BCUT2D eigenvalue weighted by molar-refractivity contribution is 0.134. The number of piperidine rings is 1. The van der Waals surface area contributed by atoms with Gasteiger partial charge in [0.05, 0.1) is 10.9 Å². The van der Waals surface area contributed by atoms with Crippen LogP contribution in [0.15, 0.2) is 33.7 Å². The number of likely N-dealkylation sites (tertiary alicyclic amines) is 1. The average molecular weight is 385 g/mol. The smallest absolute Gasteiger partial charge is 0.243 e. The first-order valence-corrected chi connectivity index (χ1v) is 10.0. The van der Waals surface area contributed by atoms with Gasteiger partial charge >= 0.3 is 0 Å². The van der Waals surface area contributed by atoms with E-state index in [1.807, 2.05) is 6.92 Å². The molecule has 1 aliphatic heterocycles. The molecule has 2 heterocycles. The topological polar surface area (TPSA) is 88.3 Å². The van der Waals surface area contributed by atoms with E-state index in [0.717, 1.165) is 25.9 Å². The van der Waals surface area contributed by atoms with Crippen molar-refractivity contribution in [3.05, 3.63) is 41.0 Å². The van der Waals surface area contributed by atoms with Gasteiger partial charge in [0.2, 0.25) is 15.9 Å². The fourth-order valence-electron chi connectivity index (χ4n) is 2.94. The Morgan fingerprint density at radius 2 is 1.92 bits per heavy atom. The lowest BCUT2D eigenvalue weighted by Gasteiger charge is -2.34. The highest BCUT2D eigenvalue weighted by atomic mass is 35.5. The molecule has 25 heavy (non-hydrogen) atoms. The van der Waals surface area contributed by atoms with Crippen LogP contribution in [-0.2, 0) is 10.0 Å². The number of rotatable bonds is 5. The van der Waals surface area contributed by atoms with E-state index >= 15 is 0 Å². The second kappa shape index (κ2) is 7.41. The molecule has 1 saturated heterocycles. The summed E-state index contributed by atoms with van der Waals surface area (Å²) in [7, 11) is -3.53. The van der Waals surface area contributed by atoms with Crippen LogP contribution in [0.25, 0.3) is 0 Å². The Labute approximate surface area is 152 Å². The molecule has 3 rings (SSSR count). The van der Waals surface area contributed by atoms with Crippen molar-refractivity contribution in [1.29, 1.82) is 0 Å². The molecule has 0 radical (unpaired) electrons. The Bertz CT molecular complexity index is 814. The average Bonchev–Trinajstić information content (AvgIpc) is 3.01. The van der Waals surface area contributed by atoms with Crippen LogP contribution in [0.4, 0.5) is 0 Å². The van der Waals surface area contributed by atoms with Crippen molar-refractivity contribution in [3.8, 4) is 0 Å². The van der Waals surface area contributed by atoms with Crippen molar-refractivity contribution in [2.24, 2.45) is 0 Å². The minimum absolute atomic E-state index is 0.0232. The number of aromatic nitrogens is 2. The summed E-state index contributed by atoms with van der Waals surface area (Å²) < 4.78 is 32.9. The van der Waals surface area contributed by atoms with Crippen molar-refractivity contribution in [2.45, 2.75) is 43.7 Å². The van der Waals surface area contributed by atoms with E-state index in [1.54, 1.807) is 19.1 Å². The molecule has 2 aromatic rings. The van der Waals surface area contributed by atoms with E-state index in [-0.39, 0.29) is 17.0 Å². The van der Waals surface area contributed by atoms with Crippen LogP contribution in [0, 0.1) is 6.92 Å². The number of hydrogen-bond donors (Lipinski definition) is 1. The molecule has 0 bridgehead atoms. The zero-order valence-corrected chi connectivity index (χ0v) is 15.7. The van der Waals surface area contributed by atoms with Gasteiger partial charge in [0.25, 0.3) is 0 Å². The highest BCUT2D eigenvalue weighted by molar-refractivity contribution is 7.89. The summed E-state index contributed by atoms with van der Waals surface area (Å²) in [6.07, 6.45) is 1.45. The van der Waals surface area contributed by atoms with Crippen molar-refractivity contribution >= 4 is 21.6 Å². The van der Waals surface area contributed by atoms with E-state index in [9.17, 15) is 8.42 Å². The number of aryl methyl sites for hydroxylation is 1. The predicted octanol–water partition coefficient (Wildman–Crippen LogP) is 2.54. The highest BCUT2D eigenvalue weighted by Gasteiger charge is 2.29. The van der Waals surface area contributed by atoms with Crippen LogP contribution in [0.3, 0.4) is 0 Å². The van der Waals surface area contributed by atoms with Gasteiger partial charge in [-0.1, -0.05) is 16.8 Å². The first-order valence-electron chi connectivity index (χ1n) is 8.17. The third-order valence-corrected chi connectivity index (χ3v) is 6.21. The van der Waals surface area contributed by atoms with Gasteiger partial charge in [-0.15, -0.1) is 0 Å². The molecule has 0 spiro atoms. The van der Waals surface area contributed by atoms with Gasteiger partial charge in [-0.05, 0) is 51.0 Å². The van der Waals surface area contributed by atoms with Crippen LogP contribution in [0.2, 0.25) is 5.02 Å². The normalized spacial score (nSPS) is 18.4. The Kier molecular flexibility index (Phi) is 5.43. The standard InChI is InChI=1S/C16H21ClN4O3S/c1-11(16-18-12(2)19-24-16)21-9-7-14(8-10-21)20-25(22,23)15-5-3-13(17)4-6-15/h3-6,11,14,20H,7-10H2,1-2H3. The van der Waals surface area contributed by atoms with Gasteiger partial charge in [-0.2, -0.15) is 4.98 Å². The van der Waals surface area contributed by atoms with Gasteiger partial charge in [0.15, 0.2) is 5.82 Å². The summed E-state index contributed by atoms with van der Waals surface area (Å²) in [6, 6.07) is 6.11. The Morgan fingerprint density at radius 1 is 1.28 bits per heavy atom. The molecule has 1 aromatic heterocycles. The molecule has 1 unspecified atom stereocenters. The quantitative estimate of drug-likeness (QED) is 0.852. The number of hydrogen-bond acceptors (Lipinski definition) is 6. The Morgan fingerprint density at radius 3 is 2.48 bits per heavy atom. The van der Waals surface area contributed by atoms with Crippen LogP contribution in [-0.4, -0.2) is 42.6 Å². The Hall–Kier alpha value is -1.48. The van der Waals surface area contributed by atoms with Crippen LogP contribution in [0.5, 0.6) is 0 Å². The van der Waals surface area contributed by atoms with E-state index in [1.165, 1.54) is 12.1 Å². The van der Waals surface area contributed by atoms with Crippen molar-refractivity contribution < 1.29 is 12.9 Å². The number of nitrogens with zero attached hydrogens (tertiary/aromatic N) is 3. The van der Waals surface area contributed by atoms with Crippen LogP contribution < -0.4 is 4.72 Å². The molecule has 1 atom stereocenters. The van der Waals surface area contributed by atoms with Gasteiger partial charge in [0, 0.05) is 24.2 Å². The molecule has 0 aliphatic carbocycles. The summed E-state index contributed by atoms with van der Waals surface area (Å²) in [5.41, 5.74) is 0. The summed E-state index contributed by atoms with van der Waals surface area (Å²) >= 11 is 5.81. The molecule has 0 saturated carbocycles. The third-order valence-electron chi connectivity index (χ3n) is 4.42. The molecule has 9 heteroatoms. The van der Waals surface area contributed by atoms with Crippen LogP contribution >= 0.6 is 11.6 Å². The maximum absolute atomic E-state index is 12.5. The fourth-order valence-corrected chi connectivity index (χ4v) is 4.38.